The molecule has 0 unspecified atom stereocenters. The average molecular weight is 437 g/mol. The summed E-state index contributed by atoms with van der Waals surface area (Å²) < 4.78 is 74.9. The molecule has 0 saturated carbocycles. The van der Waals surface area contributed by atoms with Gasteiger partial charge in [0, 0.05) is 14.2 Å². The minimum absolute atomic E-state index is 0.0556. The summed E-state index contributed by atoms with van der Waals surface area (Å²) in [5.74, 6) is -2.61. The zero-order chi connectivity index (χ0) is 22.0. The smallest absolute Gasteiger partial charge is 0.433 e. The molecule has 9 nitrogen and oxygen atoms in total. The highest BCUT2D eigenvalue weighted by atomic mass is 32.2. The monoisotopic (exact) mass is 437 g/mol. The first-order chi connectivity index (χ1) is 13.4. The lowest BCUT2D eigenvalue weighted by molar-refractivity contribution is -0.141. The molecule has 0 bridgehead atoms. The molecule has 0 aliphatic rings. The minimum Gasteiger partial charge on any atom is -0.493 e. The van der Waals surface area contributed by atoms with E-state index in [4.69, 9.17) is 9.47 Å². The van der Waals surface area contributed by atoms with Crippen LogP contribution in [0.1, 0.15) is 27.3 Å². The Kier molecular flexibility index (Phi) is 6.65. The second-order valence-electron chi connectivity index (χ2n) is 5.92. The predicted molar refractivity (Wildman–Crippen MR) is 92.2 cm³/mol. The van der Waals surface area contributed by atoms with Gasteiger partial charge in [-0.25, -0.2) is 18.1 Å². The number of aryl methyl sites for hydroxylation is 2. The zero-order valence-corrected chi connectivity index (χ0v) is 16.5. The quantitative estimate of drug-likeness (QED) is 0.487. The third kappa shape index (κ3) is 4.92. The standard InChI is InChI=1S/C16H18F3N3O6S/c1-9-12(15(24)22(2)21-9)13(23)10-4-5-11(16(17,18)19)20-14(10)29(25,26)8-28-7-6-27-3/h4-5,24H,6-8H2,1-3H3. The number of sulfone groups is 1. The van der Waals surface area contributed by atoms with Crippen LogP contribution in [0.25, 0.3) is 0 Å². The van der Waals surface area contributed by atoms with Gasteiger partial charge in [0.15, 0.2) is 11.0 Å². The summed E-state index contributed by atoms with van der Waals surface area (Å²) in [4.78, 5) is 16.0. The van der Waals surface area contributed by atoms with Gasteiger partial charge in [0.25, 0.3) is 0 Å². The number of methoxy groups -OCH3 is 1. The molecular weight excluding hydrogens is 419 g/mol. The summed E-state index contributed by atoms with van der Waals surface area (Å²) >= 11 is 0. The van der Waals surface area contributed by atoms with Crippen LogP contribution in [-0.2, 0) is 32.5 Å². The van der Waals surface area contributed by atoms with Gasteiger partial charge in [-0.05, 0) is 19.1 Å². The number of aromatic hydroxyl groups is 1. The van der Waals surface area contributed by atoms with Crippen molar-refractivity contribution in [1.29, 1.82) is 0 Å². The van der Waals surface area contributed by atoms with Crippen molar-refractivity contribution in [2.45, 2.75) is 18.1 Å². The van der Waals surface area contributed by atoms with Crippen molar-refractivity contribution in [3.63, 3.8) is 0 Å². The molecule has 1 N–H and O–H groups in total. The fourth-order valence-corrected chi connectivity index (χ4v) is 3.60. The average Bonchev–Trinajstić information content (AvgIpc) is 2.89. The van der Waals surface area contributed by atoms with E-state index < -0.39 is 49.9 Å². The highest BCUT2D eigenvalue weighted by molar-refractivity contribution is 7.91. The number of carbonyl (C=O) groups excluding carboxylic acids is 1. The van der Waals surface area contributed by atoms with Crippen LogP contribution in [0, 0.1) is 6.92 Å². The topological polar surface area (TPSA) is 121 Å². The van der Waals surface area contributed by atoms with E-state index in [9.17, 15) is 31.5 Å². The summed E-state index contributed by atoms with van der Waals surface area (Å²) in [6.07, 6.45) is -4.94. The number of pyridine rings is 1. The van der Waals surface area contributed by atoms with Crippen LogP contribution in [-0.4, -0.2) is 60.3 Å². The SMILES string of the molecule is COCCOCS(=O)(=O)c1nc(C(F)(F)F)ccc1C(=O)c1c(C)nn(C)c1O. The lowest BCUT2D eigenvalue weighted by Crippen LogP contribution is -2.21. The Hall–Kier alpha value is -2.51. The lowest BCUT2D eigenvalue weighted by Gasteiger charge is -2.13. The Labute approximate surface area is 164 Å². The molecule has 2 aromatic heterocycles. The van der Waals surface area contributed by atoms with Crippen molar-refractivity contribution >= 4 is 15.6 Å². The van der Waals surface area contributed by atoms with Crippen LogP contribution in [0.4, 0.5) is 13.2 Å². The number of carbonyl (C=O) groups is 1. The molecule has 2 heterocycles. The van der Waals surface area contributed by atoms with Gasteiger partial charge in [0.2, 0.25) is 21.5 Å². The Balaban J connectivity index is 2.59. The first kappa shape index (κ1) is 22.8. The first-order valence-corrected chi connectivity index (χ1v) is 9.70. The Morgan fingerprint density at radius 3 is 2.45 bits per heavy atom. The highest BCUT2D eigenvalue weighted by Gasteiger charge is 2.36. The van der Waals surface area contributed by atoms with E-state index in [0.29, 0.717) is 12.1 Å². The van der Waals surface area contributed by atoms with Crippen LogP contribution in [0.15, 0.2) is 17.2 Å². The summed E-state index contributed by atoms with van der Waals surface area (Å²) in [6.45, 7) is 1.30. The number of ether oxygens (including phenoxy) is 2. The fraction of sp³-hybridized carbons (Fsp3) is 0.438. The molecule has 29 heavy (non-hydrogen) atoms. The molecule has 2 rings (SSSR count). The van der Waals surface area contributed by atoms with E-state index in [1.807, 2.05) is 0 Å². The number of hydrogen-bond acceptors (Lipinski definition) is 8. The van der Waals surface area contributed by atoms with Crippen LogP contribution in [0.2, 0.25) is 0 Å². The van der Waals surface area contributed by atoms with Crippen molar-refractivity contribution in [3.8, 4) is 5.88 Å². The molecule has 13 heteroatoms. The molecule has 160 valence electrons. The van der Waals surface area contributed by atoms with Gasteiger partial charge >= 0.3 is 6.18 Å². The lowest BCUT2D eigenvalue weighted by atomic mass is 10.1. The maximum absolute atomic E-state index is 13.1. The Morgan fingerprint density at radius 2 is 1.93 bits per heavy atom. The molecule has 0 aromatic carbocycles. The minimum atomic E-state index is -4.94. The Morgan fingerprint density at radius 1 is 1.28 bits per heavy atom. The van der Waals surface area contributed by atoms with Gasteiger partial charge in [0.05, 0.1) is 24.5 Å². The summed E-state index contributed by atoms with van der Waals surface area (Å²) in [5, 5.41) is 12.8. The van der Waals surface area contributed by atoms with Gasteiger partial charge in [-0.1, -0.05) is 0 Å². The van der Waals surface area contributed by atoms with Crippen LogP contribution in [0.5, 0.6) is 5.88 Å². The van der Waals surface area contributed by atoms with Crippen molar-refractivity contribution in [3.05, 3.63) is 34.6 Å². The maximum Gasteiger partial charge on any atom is 0.433 e. The number of ketones is 1. The number of halogens is 3. The normalized spacial score (nSPS) is 12.3. The number of alkyl halides is 3. The van der Waals surface area contributed by atoms with Crippen molar-refractivity contribution in [1.82, 2.24) is 14.8 Å². The number of aromatic nitrogens is 3. The molecule has 0 atom stereocenters. The second kappa shape index (κ2) is 8.47. The number of nitrogens with zero attached hydrogens (tertiary/aromatic N) is 3. The van der Waals surface area contributed by atoms with Crippen LogP contribution >= 0.6 is 0 Å². The molecule has 0 fully saturated rings. The molecule has 2 aromatic rings. The van der Waals surface area contributed by atoms with E-state index in [2.05, 4.69) is 10.1 Å². The zero-order valence-electron chi connectivity index (χ0n) is 15.6. The Bertz CT molecular complexity index is 1020. The number of rotatable bonds is 8. The number of hydrogen-bond donors (Lipinski definition) is 1. The van der Waals surface area contributed by atoms with Gasteiger partial charge < -0.3 is 14.6 Å². The van der Waals surface area contributed by atoms with Crippen molar-refractivity contribution < 1.29 is 41.0 Å². The molecular formula is C16H18F3N3O6S. The molecule has 0 saturated heterocycles. The van der Waals surface area contributed by atoms with E-state index in [1.165, 1.54) is 21.1 Å². The fourth-order valence-electron chi connectivity index (χ4n) is 2.42. The summed E-state index contributed by atoms with van der Waals surface area (Å²) in [6, 6.07) is 1.19. The van der Waals surface area contributed by atoms with Crippen LogP contribution in [0.3, 0.4) is 0 Å². The first-order valence-electron chi connectivity index (χ1n) is 8.05. The highest BCUT2D eigenvalue weighted by Crippen LogP contribution is 2.31. The van der Waals surface area contributed by atoms with Gasteiger partial charge in [-0.2, -0.15) is 18.3 Å². The molecule has 0 aliphatic heterocycles. The summed E-state index contributed by atoms with van der Waals surface area (Å²) in [7, 11) is -1.85. The molecule has 0 amide bonds. The third-order valence-electron chi connectivity index (χ3n) is 3.78. The molecule has 0 spiro atoms. The second-order valence-corrected chi connectivity index (χ2v) is 7.77. The maximum atomic E-state index is 13.1. The van der Waals surface area contributed by atoms with Crippen molar-refractivity contribution in [2.75, 3.05) is 26.3 Å². The van der Waals surface area contributed by atoms with E-state index in [-0.39, 0.29) is 24.5 Å². The van der Waals surface area contributed by atoms with E-state index >= 15 is 0 Å². The van der Waals surface area contributed by atoms with Gasteiger partial charge in [0.1, 0.15) is 11.3 Å². The summed E-state index contributed by atoms with van der Waals surface area (Å²) in [5.41, 5.74) is -2.41. The van der Waals surface area contributed by atoms with Crippen LogP contribution < -0.4 is 0 Å². The largest absolute Gasteiger partial charge is 0.493 e. The predicted octanol–water partition coefficient (Wildman–Crippen LogP) is 1.47. The van der Waals surface area contributed by atoms with E-state index in [1.54, 1.807) is 0 Å². The van der Waals surface area contributed by atoms with E-state index in [0.717, 1.165) is 4.68 Å². The van der Waals surface area contributed by atoms with Gasteiger partial charge in [-0.15, -0.1) is 0 Å². The molecule has 0 radical (unpaired) electrons. The molecule has 0 aliphatic carbocycles. The van der Waals surface area contributed by atoms with Gasteiger partial charge in [-0.3, -0.25) is 4.79 Å². The van der Waals surface area contributed by atoms with Crippen molar-refractivity contribution in [2.24, 2.45) is 7.05 Å². The third-order valence-corrected chi connectivity index (χ3v) is 5.16.